The van der Waals surface area contributed by atoms with E-state index >= 15 is 0 Å². The molecule has 0 aromatic heterocycles. The fraction of sp³-hybridized carbons (Fsp3) is 0.0741. The van der Waals surface area contributed by atoms with Crippen LogP contribution in [0.4, 0.5) is 0 Å². The molecular formula is C27H23NO. The minimum Gasteiger partial charge on any atom is -0.351 e. The molecule has 0 aliphatic carbocycles. The van der Waals surface area contributed by atoms with Crippen LogP contribution in [0, 0.1) is 0 Å². The zero-order valence-corrected chi connectivity index (χ0v) is 16.2. The van der Waals surface area contributed by atoms with Crippen LogP contribution in [0.15, 0.2) is 121 Å². The molecule has 29 heavy (non-hydrogen) atoms. The van der Waals surface area contributed by atoms with Crippen molar-refractivity contribution in [1.29, 1.82) is 0 Å². The number of hydrogen-bond acceptors (Lipinski definition) is 1. The van der Waals surface area contributed by atoms with E-state index in [4.69, 9.17) is 0 Å². The summed E-state index contributed by atoms with van der Waals surface area (Å²) in [5, 5.41) is 3.20. The lowest BCUT2D eigenvalue weighted by Gasteiger charge is -2.34. The summed E-state index contributed by atoms with van der Waals surface area (Å²) >= 11 is 0. The minimum absolute atomic E-state index is 0.0371. The van der Waals surface area contributed by atoms with E-state index in [0.29, 0.717) is 6.54 Å². The minimum atomic E-state index is -0.932. The topological polar surface area (TPSA) is 29.1 Å². The van der Waals surface area contributed by atoms with Crippen molar-refractivity contribution in [2.45, 2.75) is 12.0 Å². The Hall–Kier alpha value is -3.65. The van der Waals surface area contributed by atoms with Crippen molar-refractivity contribution in [3.05, 3.63) is 144 Å². The second kappa shape index (κ2) is 8.57. The van der Waals surface area contributed by atoms with Crippen LogP contribution in [0.2, 0.25) is 0 Å². The highest BCUT2D eigenvalue weighted by atomic mass is 16.2. The number of nitrogens with one attached hydrogen (secondary N) is 1. The van der Waals surface area contributed by atoms with Crippen LogP contribution < -0.4 is 5.32 Å². The third-order valence-electron chi connectivity index (χ3n) is 5.26. The van der Waals surface area contributed by atoms with Gasteiger partial charge in [0.2, 0.25) is 5.91 Å². The first kappa shape index (κ1) is 18.7. The molecule has 1 N–H and O–H groups in total. The summed E-state index contributed by atoms with van der Waals surface area (Å²) < 4.78 is 0. The first-order valence-electron chi connectivity index (χ1n) is 9.80. The highest BCUT2D eigenvalue weighted by molar-refractivity contribution is 5.96. The van der Waals surface area contributed by atoms with Crippen LogP contribution in [0.5, 0.6) is 0 Å². The highest BCUT2D eigenvalue weighted by Crippen LogP contribution is 2.39. The Labute approximate surface area is 171 Å². The SMILES string of the molecule is O=C(NCc1ccccc1)C(c1ccccc1)(c1ccccc1)c1ccccc1. The molecule has 2 heteroatoms. The Bertz CT molecular complexity index is 948. The van der Waals surface area contributed by atoms with Crippen molar-refractivity contribution in [3.8, 4) is 0 Å². The zero-order valence-electron chi connectivity index (χ0n) is 16.2. The van der Waals surface area contributed by atoms with Gasteiger partial charge in [0, 0.05) is 6.54 Å². The molecule has 0 spiro atoms. The average molecular weight is 377 g/mol. The second-order valence-corrected chi connectivity index (χ2v) is 7.02. The third kappa shape index (κ3) is 3.70. The van der Waals surface area contributed by atoms with Gasteiger partial charge in [-0.25, -0.2) is 0 Å². The largest absolute Gasteiger partial charge is 0.351 e. The molecule has 0 saturated heterocycles. The van der Waals surface area contributed by atoms with Crippen LogP contribution in [-0.4, -0.2) is 5.91 Å². The Morgan fingerprint density at radius 3 is 1.28 bits per heavy atom. The molecule has 4 rings (SSSR count). The molecule has 0 radical (unpaired) electrons. The van der Waals surface area contributed by atoms with Gasteiger partial charge in [-0.3, -0.25) is 4.79 Å². The molecule has 1 amide bonds. The quantitative estimate of drug-likeness (QED) is 0.452. The maximum Gasteiger partial charge on any atom is 0.239 e. The van der Waals surface area contributed by atoms with Gasteiger partial charge in [-0.1, -0.05) is 121 Å². The van der Waals surface area contributed by atoms with Crippen molar-refractivity contribution < 1.29 is 4.79 Å². The number of benzene rings is 4. The molecule has 0 atom stereocenters. The number of rotatable bonds is 6. The standard InChI is InChI=1S/C27H23NO/c29-26(28-21-22-13-5-1-6-14-22)27(23-15-7-2-8-16-23,24-17-9-3-10-18-24)25-19-11-4-12-20-25/h1-20H,21H2,(H,28,29). The normalized spacial score (nSPS) is 11.0. The van der Waals surface area contributed by atoms with Gasteiger partial charge in [0.15, 0.2) is 0 Å². The van der Waals surface area contributed by atoms with Crippen LogP contribution in [-0.2, 0) is 16.8 Å². The third-order valence-corrected chi connectivity index (χ3v) is 5.26. The smallest absolute Gasteiger partial charge is 0.239 e. The monoisotopic (exact) mass is 377 g/mol. The fourth-order valence-electron chi connectivity index (χ4n) is 3.87. The molecule has 142 valence electrons. The van der Waals surface area contributed by atoms with E-state index in [1.807, 2.05) is 121 Å². The van der Waals surface area contributed by atoms with Gasteiger partial charge in [-0.2, -0.15) is 0 Å². The van der Waals surface area contributed by atoms with E-state index in [9.17, 15) is 4.79 Å². The predicted molar refractivity (Wildman–Crippen MR) is 117 cm³/mol. The van der Waals surface area contributed by atoms with Gasteiger partial charge in [0.05, 0.1) is 0 Å². The van der Waals surface area contributed by atoms with Crippen molar-refractivity contribution in [3.63, 3.8) is 0 Å². The van der Waals surface area contributed by atoms with Crippen molar-refractivity contribution in [1.82, 2.24) is 5.32 Å². The second-order valence-electron chi connectivity index (χ2n) is 7.02. The summed E-state index contributed by atoms with van der Waals surface area (Å²) in [6.45, 7) is 0.480. The molecule has 0 fully saturated rings. The van der Waals surface area contributed by atoms with Gasteiger partial charge in [0.1, 0.15) is 5.41 Å². The van der Waals surface area contributed by atoms with E-state index < -0.39 is 5.41 Å². The van der Waals surface area contributed by atoms with E-state index in [1.165, 1.54) is 0 Å². The van der Waals surface area contributed by atoms with E-state index in [1.54, 1.807) is 0 Å². The highest BCUT2D eigenvalue weighted by Gasteiger charge is 2.43. The Kier molecular flexibility index (Phi) is 5.53. The number of carbonyl (C=O) groups excluding carboxylic acids is 1. The lowest BCUT2D eigenvalue weighted by molar-refractivity contribution is -0.124. The van der Waals surface area contributed by atoms with Crippen molar-refractivity contribution in [2.24, 2.45) is 0 Å². The molecule has 0 heterocycles. The zero-order chi connectivity index (χ0) is 19.9. The van der Waals surface area contributed by atoms with Gasteiger partial charge < -0.3 is 5.32 Å². The molecule has 0 aliphatic heterocycles. The maximum atomic E-state index is 13.9. The van der Waals surface area contributed by atoms with Gasteiger partial charge >= 0.3 is 0 Å². The molecule has 0 bridgehead atoms. The van der Waals surface area contributed by atoms with E-state index in [-0.39, 0.29) is 5.91 Å². The molecule has 0 saturated carbocycles. The molecular weight excluding hydrogens is 354 g/mol. The summed E-state index contributed by atoms with van der Waals surface area (Å²) in [5.41, 5.74) is 2.98. The van der Waals surface area contributed by atoms with E-state index in [0.717, 1.165) is 22.3 Å². The number of carbonyl (C=O) groups is 1. The number of hydrogen-bond donors (Lipinski definition) is 1. The molecule has 0 unspecified atom stereocenters. The maximum absolute atomic E-state index is 13.9. The van der Waals surface area contributed by atoms with Gasteiger partial charge in [-0.05, 0) is 22.3 Å². The lowest BCUT2D eigenvalue weighted by Crippen LogP contribution is -2.46. The molecule has 2 nitrogen and oxygen atoms in total. The summed E-state index contributed by atoms with van der Waals surface area (Å²) in [6, 6.07) is 40.0. The number of amides is 1. The van der Waals surface area contributed by atoms with Crippen LogP contribution >= 0.6 is 0 Å². The Morgan fingerprint density at radius 2 is 0.897 bits per heavy atom. The Balaban J connectivity index is 1.87. The van der Waals surface area contributed by atoms with Crippen molar-refractivity contribution >= 4 is 5.91 Å². The predicted octanol–water partition coefficient (Wildman–Crippen LogP) is 5.34. The molecule has 4 aromatic carbocycles. The summed E-state index contributed by atoms with van der Waals surface area (Å²) in [6.07, 6.45) is 0. The van der Waals surface area contributed by atoms with Crippen LogP contribution in [0.25, 0.3) is 0 Å². The van der Waals surface area contributed by atoms with Gasteiger partial charge in [0.25, 0.3) is 0 Å². The molecule has 4 aromatic rings. The average Bonchev–Trinajstić information content (AvgIpc) is 2.81. The lowest BCUT2D eigenvalue weighted by atomic mass is 9.68. The van der Waals surface area contributed by atoms with E-state index in [2.05, 4.69) is 5.32 Å². The first-order chi connectivity index (χ1) is 14.3. The summed E-state index contributed by atoms with van der Waals surface area (Å²) in [4.78, 5) is 13.9. The summed E-state index contributed by atoms with van der Waals surface area (Å²) in [7, 11) is 0. The van der Waals surface area contributed by atoms with Crippen molar-refractivity contribution in [2.75, 3.05) is 0 Å². The van der Waals surface area contributed by atoms with Crippen LogP contribution in [0.3, 0.4) is 0 Å². The van der Waals surface area contributed by atoms with Crippen LogP contribution in [0.1, 0.15) is 22.3 Å². The molecule has 0 aliphatic rings. The first-order valence-corrected chi connectivity index (χ1v) is 9.80. The van der Waals surface area contributed by atoms with Gasteiger partial charge in [-0.15, -0.1) is 0 Å². The summed E-state index contributed by atoms with van der Waals surface area (Å²) in [5.74, 6) is -0.0371. The Morgan fingerprint density at radius 1 is 0.552 bits per heavy atom. The fourth-order valence-corrected chi connectivity index (χ4v) is 3.87.